The molecular formula is C24H21BrCl2F6N2O2. The van der Waals surface area contributed by atoms with Gasteiger partial charge in [0.25, 0.3) is 5.91 Å². The van der Waals surface area contributed by atoms with E-state index >= 15 is 0 Å². The summed E-state index contributed by atoms with van der Waals surface area (Å²) >= 11 is 15.0. The van der Waals surface area contributed by atoms with Crippen molar-refractivity contribution in [2.75, 3.05) is 0 Å². The summed E-state index contributed by atoms with van der Waals surface area (Å²) in [4.78, 5) is 24.1. The van der Waals surface area contributed by atoms with E-state index in [0.717, 1.165) is 6.08 Å². The van der Waals surface area contributed by atoms with Gasteiger partial charge in [0.1, 0.15) is 0 Å². The summed E-state index contributed by atoms with van der Waals surface area (Å²) in [5.41, 5.74) is 0.827. The summed E-state index contributed by atoms with van der Waals surface area (Å²) in [6, 6.07) is 6.65. The average Bonchev–Trinajstić information content (AvgIpc) is 2.74. The third-order valence-electron chi connectivity index (χ3n) is 5.05. The van der Waals surface area contributed by atoms with E-state index in [2.05, 4.69) is 26.6 Å². The van der Waals surface area contributed by atoms with Crippen LogP contribution in [0.25, 0.3) is 6.08 Å². The second kappa shape index (κ2) is 12.5. The van der Waals surface area contributed by atoms with Crippen LogP contribution < -0.4 is 10.6 Å². The summed E-state index contributed by atoms with van der Waals surface area (Å²) in [5, 5.41) is 4.75. The zero-order chi connectivity index (χ0) is 28.1. The monoisotopic (exact) mass is 632 g/mol. The molecule has 2 aromatic rings. The topological polar surface area (TPSA) is 58.2 Å². The first kappa shape index (κ1) is 31.0. The van der Waals surface area contributed by atoms with Crippen LogP contribution in [0.1, 0.15) is 52.7 Å². The number of aryl methyl sites for hydroxylation is 1. The Balaban J connectivity index is 2.13. The van der Waals surface area contributed by atoms with E-state index in [1.54, 1.807) is 6.92 Å². The molecule has 2 atom stereocenters. The predicted octanol–water partition coefficient (Wildman–Crippen LogP) is 7.96. The van der Waals surface area contributed by atoms with Crippen LogP contribution >= 0.6 is 39.1 Å². The van der Waals surface area contributed by atoms with Gasteiger partial charge in [0, 0.05) is 12.0 Å². The number of carbonyl (C=O) groups excluding carboxylic acids is 2. The number of carbonyl (C=O) groups is 2. The fourth-order valence-electron chi connectivity index (χ4n) is 3.30. The Hall–Kier alpha value is -2.24. The number of hydrogen-bond acceptors (Lipinski definition) is 2. The normalized spacial score (nSPS) is 13.9. The van der Waals surface area contributed by atoms with E-state index < -0.39 is 49.1 Å². The number of benzene rings is 2. The number of halogens is 9. The molecule has 1 unspecified atom stereocenters. The second-order valence-electron chi connectivity index (χ2n) is 8.13. The Labute approximate surface area is 227 Å². The second-order valence-corrected chi connectivity index (χ2v) is 9.74. The maximum Gasteiger partial charge on any atom is 0.399 e. The number of allylic oxidation sites excluding steroid dienone is 1. The van der Waals surface area contributed by atoms with E-state index in [-0.39, 0.29) is 25.6 Å². The molecular weight excluding hydrogens is 613 g/mol. The van der Waals surface area contributed by atoms with Crippen LogP contribution in [0.3, 0.4) is 0 Å². The highest BCUT2D eigenvalue weighted by atomic mass is 79.9. The molecule has 0 aliphatic carbocycles. The molecule has 0 bridgehead atoms. The molecule has 0 aliphatic heterocycles. The number of rotatable bonds is 8. The quantitative estimate of drug-likeness (QED) is 0.176. The lowest BCUT2D eigenvalue weighted by Crippen LogP contribution is -2.46. The molecule has 0 saturated carbocycles. The van der Waals surface area contributed by atoms with Gasteiger partial charge in [-0.15, -0.1) is 0 Å². The highest BCUT2D eigenvalue weighted by Crippen LogP contribution is 2.41. The zero-order valence-corrected chi connectivity index (χ0v) is 22.4. The average molecular weight is 634 g/mol. The van der Waals surface area contributed by atoms with Crippen LogP contribution in [0.4, 0.5) is 26.3 Å². The van der Waals surface area contributed by atoms with E-state index in [1.807, 2.05) is 0 Å². The van der Waals surface area contributed by atoms with Crippen LogP contribution in [-0.4, -0.2) is 30.3 Å². The molecule has 0 heterocycles. The van der Waals surface area contributed by atoms with Gasteiger partial charge in [0.15, 0.2) is 0 Å². The van der Waals surface area contributed by atoms with Crippen LogP contribution in [-0.2, 0) is 4.79 Å². The van der Waals surface area contributed by atoms with Crippen molar-refractivity contribution in [3.63, 3.8) is 0 Å². The molecule has 202 valence electrons. The van der Waals surface area contributed by atoms with Gasteiger partial charge in [0.05, 0.1) is 33.0 Å². The SMILES string of the molecule is Cc1cc(C=CC(c2cc(Cl)c(Br)c(Cl)c2)C(F)(F)F)ccc1C(=O)N[C@H](C)NC(=O)CCC(F)(F)F. The van der Waals surface area contributed by atoms with Crippen LogP contribution in [0.5, 0.6) is 0 Å². The maximum absolute atomic E-state index is 13.8. The van der Waals surface area contributed by atoms with Gasteiger partial charge in [-0.3, -0.25) is 9.59 Å². The first-order valence-electron chi connectivity index (χ1n) is 10.6. The lowest BCUT2D eigenvalue weighted by Gasteiger charge is -2.19. The Kier molecular flexibility index (Phi) is 10.5. The first-order chi connectivity index (χ1) is 17.0. The Morgan fingerprint density at radius 1 is 1.03 bits per heavy atom. The van der Waals surface area contributed by atoms with Gasteiger partial charge in [0.2, 0.25) is 5.91 Å². The van der Waals surface area contributed by atoms with Crippen LogP contribution in [0.15, 0.2) is 40.9 Å². The Morgan fingerprint density at radius 2 is 1.62 bits per heavy atom. The van der Waals surface area contributed by atoms with Crippen molar-refractivity contribution < 1.29 is 35.9 Å². The maximum atomic E-state index is 13.8. The standard InChI is InChI=1S/C24H21BrCl2F6N2O2/c1-12-9-14(4-6-17(24(31,32)33)15-10-18(26)21(25)19(27)11-15)3-5-16(12)22(37)35-13(2)34-20(36)7-8-23(28,29)30/h3-6,9-11,13,17H,7-8H2,1-2H3,(H,34,36)(H,35,37)/t13-,17?/m1/s1. The molecule has 0 aliphatic rings. The van der Waals surface area contributed by atoms with Crippen molar-refractivity contribution in [2.45, 2.75) is 51.1 Å². The zero-order valence-electron chi connectivity index (χ0n) is 19.3. The van der Waals surface area contributed by atoms with Crippen molar-refractivity contribution in [3.05, 3.63) is 73.2 Å². The third-order valence-corrected chi connectivity index (χ3v) is 6.96. The Bertz CT molecular complexity index is 1160. The van der Waals surface area contributed by atoms with Crippen molar-refractivity contribution in [1.29, 1.82) is 0 Å². The van der Waals surface area contributed by atoms with Gasteiger partial charge >= 0.3 is 12.4 Å². The molecule has 2 N–H and O–H groups in total. The van der Waals surface area contributed by atoms with E-state index in [4.69, 9.17) is 23.2 Å². The number of hydrogen-bond donors (Lipinski definition) is 2. The molecule has 0 fully saturated rings. The first-order valence-corrected chi connectivity index (χ1v) is 12.2. The molecule has 4 nitrogen and oxygen atoms in total. The van der Waals surface area contributed by atoms with Crippen molar-refractivity contribution in [1.82, 2.24) is 10.6 Å². The van der Waals surface area contributed by atoms with Crippen molar-refractivity contribution in [3.8, 4) is 0 Å². The molecule has 0 spiro atoms. The molecule has 2 rings (SSSR count). The minimum atomic E-state index is -4.63. The fraction of sp³-hybridized carbons (Fsp3) is 0.333. The third kappa shape index (κ3) is 9.54. The van der Waals surface area contributed by atoms with Crippen molar-refractivity contribution >= 4 is 57.0 Å². The van der Waals surface area contributed by atoms with Crippen molar-refractivity contribution in [2.24, 2.45) is 0 Å². The lowest BCUT2D eigenvalue weighted by atomic mass is 9.96. The minimum Gasteiger partial charge on any atom is -0.336 e. The summed E-state index contributed by atoms with van der Waals surface area (Å²) in [5.74, 6) is -3.50. The van der Waals surface area contributed by atoms with E-state index in [0.29, 0.717) is 11.1 Å². The molecule has 13 heteroatoms. The van der Waals surface area contributed by atoms with Crippen LogP contribution in [0, 0.1) is 6.92 Å². The molecule has 0 radical (unpaired) electrons. The predicted molar refractivity (Wildman–Crippen MR) is 134 cm³/mol. The largest absolute Gasteiger partial charge is 0.399 e. The van der Waals surface area contributed by atoms with Gasteiger partial charge in [-0.05, 0) is 64.7 Å². The summed E-state index contributed by atoms with van der Waals surface area (Å²) in [6.07, 6.45) is -9.93. The molecule has 0 saturated heterocycles. The smallest absolute Gasteiger partial charge is 0.336 e. The molecule has 0 aromatic heterocycles. The number of amides is 2. The molecule has 37 heavy (non-hydrogen) atoms. The van der Waals surface area contributed by atoms with Gasteiger partial charge in [-0.25, -0.2) is 0 Å². The van der Waals surface area contributed by atoms with Gasteiger partial charge in [-0.1, -0.05) is 47.5 Å². The summed E-state index contributed by atoms with van der Waals surface area (Å²) in [6.45, 7) is 2.95. The molecule has 2 aromatic carbocycles. The number of alkyl halides is 6. The summed E-state index contributed by atoms with van der Waals surface area (Å²) < 4.78 is 78.2. The van der Waals surface area contributed by atoms with Gasteiger partial charge in [-0.2, -0.15) is 26.3 Å². The van der Waals surface area contributed by atoms with Gasteiger partial charge < -0.3 is 10.6 Å². The Morgan fingerprint density at radius 3 is 2.14 bits per heavy atom. The fourth-order valence-corrected chi connectivity index (χ4v) is 4.03. The lowest BCUT2D eigenvalue weighted by molar-refractivity contribution is -0.144. The van der Waals surface area contributed by atoms with E-state index in [1.165, 1.54) is 43.3 Å². The van der Waals surface area contributed by atoms with Crippen LogP contribution in [0.2, 0.25) is 10.0 Å². The number of nitrogens with one attached hydrogen (secondary N) is 2. The minimum absolute atomic E-state index is 0.0297. The molecule has 2 amide bonds. The highest BCUT2D eigenvalue weighted by molar-refractivity contribution is 9.10. The summed E-state index contributed by atoms with van der Waals surface area (Å²) in [7, 11) is 0. The highest BCUT2D eigenvalue weighted by Gasteiger charge is 2.39. The van der Waals surface area contributed by atoms with E-state index in [9.17, 15) is 35.9 Å².